The predicted molar refractivity (Wildman–Crippen MR) is 80.9 cm³/mol. The predicted octanol–water partition coefficient (Wildman–Crippen LogP) is 4.73. The monoisotopic (exact) mass is 355 g/mol. The molecular formula is C14H12BrClFN3. The number of anilines is 2. The molecule has 0 bridgehead atoms. The van der Waals surface area contributed by atoms with Crippen molar-refractivity contribution in [3.63, 3.8) is 0 Å². The molecule has 1 N–H and O–H groups in total. The van der Waals surface area contributed by atoms with Crippen LogP contribution in [0.3, 0.4) is 0 Å². The SMILES string of the molecule is Fc1ccc(Nc2cc(Cl)nc(CC3CC3)n2)c(Br)c1. The number of aromatic nitrogens is 2. The van der Waals surface area contributed by atoms with Crippen LogP contribution in [0.5, 0.6) is 0 Å². The third-order valence-corrected chi connectivity index (χ3v) is 3.95. The summed E-state index contributed by atoms with van der Waals surface area (Å²) < 4.78 is 13.7. The molecule has 0 amide bonds. The van der Waals surface area contributed by atoms with Crippen LogP contribution in [0.2, 0.25) is 5.15 Å². The number of hydrogen-bond acceptors (Lipinski definition) is 3. The number of hydrogen-bond donors (Lipinski definition) is 1. The highest BCUT2D eigenvalue weighted by molar-refractivity contribution is 9.10. The van der Waals surface area contributed by atoms with Crippen LogP contribution >= 0.6 is 27.5 Å². The maximum Gasteiger partial charge on any atom is 0.135 e. The number of halogens is 3. The Hall–Kier alpha value is -1.20. The summed E-state index contributed by atoms with van der Waals surface area (Å²) in [5.74, 6) is 1.77. The van der Waals surface area contributed by atoms with Gasteiger partial charge in [-0.2, -0.15) is 0 Å². The summed E-state index contributed by atoms with van der Waals surface area (Å²) >= 11 is 9.34. The van der Waals surface area contributed by atoms with Gasteiger partial charge in [0.05, 0.1) is 5.69 Å². The number of benzene rings is 1. The van der Waals surface area contributed by atoms with E-state index in [4.69, 9.17) is 11.6 Å². The standard InChI is InChI=1S/C14H12BrClFN3/c15-10-6-9(17)3-4-11(10)18-14-7-12(16)19-13(20-14)5-8-1-2-8/h3-4,6-8H,1-2,5H2,(H,18,19,20). The lowest BCUT2D eigenvalue weighted by Gasteiger charge is -2.09. The summed E-state index contributed by atoms with van der Waals surface area (Å²) in [7, 11) is 0. The minimum absolute atomic E-state index is 0.294. The average Bonchev–Trinajstić information content (AvgIpc) is 3.16. The fourth-order valence-corrected chi connectivity index (χ4v) is 2.58. The van der Waals surface area contributed by atoms with Gasteiger partial charge in [0.15, 0.2) is 0 Å². The molecule has 0 spiro atoms. The molecule has 104 valence electrons. The molecule has 1 saturated carbocycles. The highest BCUT2D eigenvalue weighted by atomic mass is 79.9. The maximum atomic E-state index is 13.1. The summed E-state index contributed by atoms with van der Waals surface area (Å²) in [5, 5.41) is 3.54. The van der Waals surface area contributed by atoms with E-state index in [9.17, 15) is 4.39 Å². The highest BCUT2D eigenvalue weighted by Gasteiger charge is 2.23. The summed E-state index contributed by atoms with van der Waals surface area (Å²) in [5.41, 5.74) is 0.735. The fourth-order valence-electron chi connectivity index (χ4n) is 1.93. The van der Waals surface area contributed by atoms with Gasteiger partial charge in [-0.15, -0.1) is 0 Å². The van der Waals surface area contributed by atoms with Crippen molar-refractivity contribution < 1.29 is 4.39 Å². The second-order valence-corrected chi connectivity index (χ2v) is 6.13. The van der Waals surface area contributed by atoms with Gasteiger partial charge in [0.2, 0.25) is 0 Å². The van der Waals surface area contributed by atoms with Crippen LogP contribution in [0.25, 0.3) is 0 Å². The highest BCUT2D eigenvalue weighted by Crippen LogP contribution is 2.32. The molecule has 3 rings (SSSR count). The average molecular weight is 357 g/mol. The second-order valence-electron chi connectivity index (χ2n) is 4.89. The summed E-state index contributed by atoms with van der Waals surface area (Å²) in [4.78, 5) is 8.69. The first kappa shape index (κ1) is 13.8. The lowest BCUT2D eigenvalue weighted by molar-refractivity contribution is 0.627. The molecule has 20 heavy (non-hydrogen) atoms. The summed E-state index contributed by atoms with van der Waals surface area (Å²) in [6, 6.07) is 6.10. The van der Waals surface area contributed by atoms with Gasteiger partial charge < -0.3 is 5.32 Å². The number of rotatable bonds is 4. The molecular weight excluding hydrogens is 345 g/mol. The van der Waals surface area contributed by atoms with Gasteiger partial charge in [0.1, 0.15) is 22.6 Å². The van der Waals surface area contributed by atoms with Crippen molar-refractivity contribution in [2.75, 3.05) is 5.32 Å². The maximum absolute atomic E-state index is 13.1. The van der Waals surface area contributed by atoms with E-state index < -0.39 is 0 Å². The second kappa shape index (κ2) is 5.66. The quantitative estimate of drug-likeness (QED) is 0.805. The lowest BCUT2D eigenvalue weighted by Crippen LogP contribution is -2.02. The summed E-state index contributed by atoms with van der Waals surface area (Å²) in [6.07, 6.45) is 3.34. The first-order chi connectivity index (χ1) is 9.60. The van der Waals surface area contributed by atoms with Gasteiger partial charge in [-0.1, -0.05) is 11.6 Å². The first-order valence-electron chi connectivity index (χ1n) is 6.36. The van der Waals surface area contributed by atoms with E-state index in [0.29, 0.717) is 21.4 Å². The van der Waals surface area contributed by atoms with Crippen LogP contribution < -0.4 is 5.32 Å². The van der Waals surface area contributed by atoms with Crippen molar-refractivity contribution in [1.82, 2.24) is 9.97 Å². The van der Waals surface area contributed by atoms with Crippen LogP contribution in [0.1, 0.15) is 18.7 Å². The van der Waals surface area contributed by atoms with Crippen LogP contribution in [0.4, 0.5) is 15.9 Å². The van der Waals surface area contributed by atoms with E-state index in [2.05, 4.69) is 31.2 Å². The van der Waals surface area contributed by atoms with E-state index in [0.717, 1.165) is 17.9 Å². The Labute approximate surface area is 129 Å². The molecule has 1 heterocycles. The Morgan fingerprint density at radius 1 is 1.30 bits per heavy atom. The van der Waals surface area contributed by atoms with E-state index in [1.807, 2.05) is 0 Å². The van der Waals surface area contributed by atoms with Crippen LogP contribution in [0.15, 0.2) is 28.7 Å². The molecule has 0 radical (unpaired) electrons. The zero-order chi connectivity index (χ0) is 14.1. The van der Waals surface area contributed by atoms with Gasteiger partial charge in [-0.05, 0) is 52.9 Å². The van der Waals surface area contributed by atoms with Crippen molar-refractivity contribution in [3.8, 4) is 0 Å². The van der Waals surface area contributed by atoms with E-state index in [1.54, 1.807) is 12.1 Å². The molecule has 2 aromatic rings. The zero-order valence-electron chi connectivity index (χ0n) is 10.5. The van der Waals surface area contributed by atoms with E-state index >= 15 is 0 Å². The third-order valence-electron chi connectivity index (χ3n) is 3.10. The van der Waals surface area contributed by atoms with Crippen molar-refractivity contribution in [1.29, 1.82) is 0 Å². The molecule has 0 atom stereocenters. The molecule has 6 heteroatoms. The number of nitrogens with zero attached hydrogens (tertiary/aromatic N) is 2. The van der Waals surface area contributed by atoms with Gasteiger partial charge in [0.25, 0.3) is 0 Å². The molecule has 1 aromatic carbocycles. The van der Waals surface area contributed by atoms with Gasteiger partial charge in [-0.25, -0.2) is 14.4 Å². The Balaban J connectivity index is 1.83. The lowest BCUT2D eigenvalue weighted by atomic mass is 10.3. The minimum Gasteiger partial charge on any atom is -0.339 e. The molecule has 0 saturated heterocycles. The van der Waals surface area contributed by atoms with Crippen molar-refractivity contribution >= 4 is 39.0 Å². The molecule has 1 fully saturated rings. The molecule has 1 aliphatic carbocycles. The van der Waals surface area contributed by atoms with Crippen molar-refractivity contribution in [3.05, 3.63) is 45.5 Å². The first-order valence-corrected chi connectivity index (χ1v) is 7.53. The molecule has 0 unspecified atom stereocenters. The van der Waals surface area contributed by atoms with Gasteiger partial charge in [0, 0.05) is 17.0 Å². The Morgan fingerprint density at radius 2 is 2.10 bits per heavy atom. The molecule has 1 aromatic heterocycles. The smallest absolute Gasteiger partial charge is 0.135 e. The Morgan fingerprint density at radius 3 is 2.80 bits per heavy atom. The fraction of sp³-hybridized carbons (Fsp3) is 0.286. The van der Waals surface area contributed by atoms with E-state index in [-0.39, 0.29) is 5.82 Å². The number of nitrogens with one attached hydrogen (secondary N) is 1. The Bertz CT molecular complexity index is 646. The van der Waals surface area contributed by atoms with E-state index in [1.165, 1.54) is 25.0 Å². The zero-order valence-corrected chi connectivity index (χ0v) is 12.9. The Kier molecular flexibility index (Phi) is 3.89. The third kappa shape index (κ3) is 3.46. The van der Waals surface area contributed by atoms with Crippen molar-refractivity contribution in [2.45, 2.75) is 19.3 Å². The summed E-state index contributed by atoms with van der Waals surface area (Å²) in [6.45, 7) is 0. The normalized spacial score (nSPS) is 14.3. The molecule has 0 aliphatic heterocycles. The molecule has 3 nitrogen and oxygen atoms in total. The van der Waals surface area contributed by atoms with Crippen molar-refractivity contribution in [2.24, 2.45) is 5.92 Å². The largest absolute Gasteiger partial charge is 0.339 e. The minimum atomic E-state index is -0.294. The molecule has 1 aliphatic rings. The van der Waals surface area contributed by atoms with Crippen LogP contribution in [0, 0.1) is 11.7 Å². The van der Waals surface area contributed by atoms with Crippen LogP contribution in [-0.2, 0) is 6.42 Å². The van der Waals surface area contributed by atoms with Gasteiger partial charge in [-0.3, -0.25) is 0 Å². The van der Waals surface area contributed by atoms with Gasteiger partial charge >= 0.3 is 0 Å². The topological polar surface area (TPSA) is 37.8 Å². The van der Waals surface area contributed by atoms with Crippen LogP contribution in [-0.4, -0.2) is 9.97 Å².